The third kappa shape index (κ3) is 15.7. The van der Waals surface area contributed by atoms with E-state index in [1.165, 1.54) is 81.4 Å². The Morgan fingerprint density at radius 3 is 1.25 bits per heavy atom. The Hall–Kier alpha value is -0.680. The molecule has 1 N–H and O–H groups in total. The van der Waals surface area contributed by atoms with Gasteiger partial charge in [0, 0.05) is 18.2 Å². The largest absolute Gasteiger partial charge is 1.00 e. The first-order valence-electron chi connectivity index (χ1n) is 20.6. The zero-order valence-electron chi connectivity index (χ0n) is 37.9. The van der Waals surface area contributed by atoms with Crippen molar-refractivity contribution in [2.45, 2.75) is 77.0 Å². The van der Waals surface area contributed by atoms with E-state index in [0.29, 0.717) is 29.4 Å². The van der Waals surface area contributed by atoms with Crippen LogP contribution < -0.4 is 113 Å². The summed E-state index contributed by atoms with van der Waals surface area (Å²) in [6, 6.07) is 17.8. The summed E-state index contributed by atoms with van der Waals surface area (Å²) in [5.41, 5.74) is 4.48. The fourth-order valence-electron chi connectivity index (χ4n) is 11.1. The molecule has 2 aromatic carbocycles. The molecule has 328 valence electrons. The second kappa shape index (κ2) is 28.0. The van der Waals surface area contributed by atoms with Crippen LogP contribution in [0.1, 0.15) is 88.2 Å². The van der Waals surface area contributed by atoms with Crippen molar-refractivity contribution in [1.82, 2.24) is 0 Å². The Morgan fingerprint density at radius 1 is 0.619 bits per heavy atom. The third-order valence-electron chi connectivity index (χ3n) is 12.5. The Bertz CT molecular complexity index is 1930. The molecule has 8 aliphatic rings. The minimum atomic E-state index is -5.06. The fourth-order valence-corrected chi connectivity index (χ4v) is 12.6. The van der Waals surface area contributed by atoms with Gasteiger partial charge in [0.25, 0.3) is 0 Å². The maximum atomic E-state index is 13.1. The molecule has 8 aliphatic carbocycles. The molecular weight excluding hydrogens is 879 g/mol. The van der Waals surface area contributed by atoms with Crippen molar-refractivity contribution in [3.8, 4) is 23.6 Å². The number of phosphoric acid groups is 2. The van der Waals surface area contributed by atoms with Crippen molar-refractivity contribution >= 4 is 27.2 Å². The van der Waals surface area contributed by atoms with Gasteiger partial charge >= 0.3 is 96.5 Å². The number of aliphatic hydroxyl groups is 1. The monoisotopic (exact) mass is 936 g/mol. The normalized spacial score (nSPS) is 25.2. The minimum absolute atomic E-state index is 0. The average Bonchev–Trinajstić information content (AvgIpc) is 3.21. The molecule has 0 aliphatic heterocycles. The van der Waals surface area contributed by atoms with Crippen LogP contribution in [0.4, 0.5) is 0 Å². The Kier molecular flexibility index (Phi) is 25.9. The molecule has 0 amide bonds. The summed E-state index contributed by atoms with van der Waals surface area (Å²) in [4.78, 5) is 21.7. The molecule has 0 radical (unpaired) electrons. The van der Waals surface area contributed by atoms with Gasteiger partial charge in [-0.3, -0.25) is 9.05 Å². The van der Waals surface area contributed by atoms with Crippen LogP contribution in [0.3, 0.4) is 0 Å². The summed E-state index contributed by atoms with van der Waals surface area (Å²) < 4.78 is 56.3. The zero-order valence-corrected chi connectivity index (χ0v) is 45.7. The van der Waals surface area contributed by atoms with Crippen LogP contribution in [0.5, 0.6) is 11.5 Å². The van der Waals surface area contributed by atoms with Gasteiger partial charge < -0.3 is 43.1 Å². The molecule has 0 heterocycles. The first-order chi connectivity index (χ1) is 29.0. The standard InChI is InChI=1S/C24H29N2O5P.C18H23O5P.CH4O.CH3O.3Na/c1-28-24(23-20-12-17-11-18(14-20)15-21(23)13-17)19-5-2-6-22(16-19)31-32(27,29-9-3-7-25)30-10-4-8-26;1-22-18(13-3-2-4-16(10-13)23-24(19,20)21)17-14-6-11-5-12(8-14)9-15(17)7-11;2*1-2;;;/h2,5-6,16-18,20-21H,3-4,9-15H2,1H3;2-4,10-12,14-15H,5-9H2,1H3,(H2,19,20,21);2H,1H3;1H3;;;/q;;;-1;3*+1/p-2. The molecule has 0 spiro atoms. The smallest absolute Gasteiger partial charge is 0.857 e. The Labute approximate surface area is 439 Å². The molecule has 19 heteroatoms. The number of nitrogens with zero attached hydrogens (tertiary/aromatic N) is 2. The summed E-state index contributed by atoms with van der Waals surface area (Å²) in [6.07, 6.45) is 12.8. The van der Waals surface area contributed by atoms with E-state index in [1.807, 2.05) is 30.3 Å². The average molecular weight is 937 g/mol. The van der Waals surface area contributed by atoms with Gasteiger partial charge in [-0.05, 0) is 147 Å². The Balaban J connectivity index is 0.000000396. The van der Waals surface area contributed by atoms with E-state index in [1.54, 1.807) is 38.5 Å². The summed E-state index contributed by atoms with van der Waals surface area (Å²) in [6.45, 7) is -0.168. The molecule has 8 fully saturated rings. The van der Waals surface area contributed by atoms with Crippen LogP contribution in [0.2, 0.25) is 0 Å². The van der Waals surface area contributed by atoms with Crippen molar-refractivity contribution in [3.05, 3.63) is 70.8 Å². The van der Waals surface area contributed by atoms with Gasteiger partial charge in [-0.25, -0.2) is 4.57 Å². The maximum absolute atomic E-state index is 13.1. The molecule has 8 saturated carbocycles. The van der Waals surface area contributed by atoms with Gasteiger partial charge in [0.1, 0.15) is 30.8 Å². The van der Waals surface area contributed by atoms with E-state index >= 15 is 0 Å². The summed E-state index contributed by atoms with van der Waals surface area (Å²) in [5.74, 6) is 7.85. The predicted molar refractivity (Wildman–Crippen MR) is 218 cm³/mol. The number of benzene rings is 2. The van der Waals surface area contributed by atoms with Crippen LogP contribution >= 0.6 is 15.6 Å². The molecule has 10 rings (SSSR count). The summed E-state index contributed by atoms with van der Waals surface area (Å²) in [7, 11) is -3.91. The van der Waals surface area contributed by atoms with Crippen LogP contribution in [0.15, 0.2) is 59.7 Å². The topological polar surface area (TPSA) is 227 Å². The SMILES string of the molecule is CO.COC(=C1C2CC3CC(C2)CC1C3)c1cccc(OP(=O)(OCCC#N)OCCC#N)c1.COC(=C1C2CC3CC(C2)CC1C3)c1cccc(OP(=O)([O-])[O-])c1.C[O-].[Na+].[Na+].[Na+]. The molecular formula is C44H57N2Na3O12P2. The third-order valence-corrected chi connectivity index (χ3v) is 14.4. The number of aliphatic hydroxyl groups excluding tert-OH is 1. The molecule has 63 heavy (non-hydrogen) atoms. The van der Waals surface area contributed by atoms with Gasteiger partial charge in [0.15, 0.2) is 0 Å². The van der Waals surface area contributed by atoms with Gasteiger partial charge in [-0.1, -0.05) is 24.3 Å². The van der Waals surface area contributed by atoms with Crippen molar-refractivity contribution in [2.24, 2.45) is 47.3 Å². The van der Waals surface area contributed by atoms with E-state index in [4.69, 9.17) is 43.8 Å². The molecule has 0 aromatic heterocycles. The fraction of sp³-hybridized carbons (Fsp3) is 0.591. The van der Waals surface area contributed by atoms with Crippen LogP contribution in [-0.2, 0) is 27.7 Å². The second-order valence-corrected chi connectivity index (χ2v) is 18.9. The first kappa shape index (κ1) is 58.4. The number of hydrogen-bond acceptors (Lipinski definition) is 14. The predicted octanol–water partition coefficient (Wildman–Crippen LogP) is -1.85. The van der Waals surface area contributed by atoms with Crippen LogP contribution in [0, 0.1) is 70.0 Å². The number of rotatable bonds is 14. The van der Waals surface area contributed by atoms with Crippen LogP contribution in [-0.4, -0.2) is 46.8 Å². The maximum Gasteiger partial charge on any atom is 1.00 e. The number of phosphoric ester groups is 2. The van der Waals surface area contributed by atoms with E-state index in [2.05, 4.69) is 4.52 Å². The quantitative estimate of drug-likeness (QED) is 0.0951. The molecule has 2 aromatic rings. The number of nitriles is 2. The van der Waals surface area contributed by atoms with Crippen molar-refractivity contribution in [1.29, 1.82) is 10.5 Å². The molecule has 14 nitrogen and oxygen atoms in total. The Morgan fingerprint density at radius 2 is 0.952 bits per heavy atom. The zero-order chi connectivity index (χ0) is 43.5. The number of ether oxygens (including phenoxy) is 2. The number of hydrogen-bond donors (Lipinski definition) is 1. The van der Waals surface area contributed by atoms with Gasteiger partial charge in [-0.15, -0.1) is 0 Å². The molecule has 0 saturated heterocycles. The number of allylic oxidation sites excluding steroid dienone is 2. The van der Waals surface area contributed by atoms with Gasteiger partial charge in [0.05, 0.1) is 52.4 Å². The van der Waals surface area contributed by atoms with Gasteiger partial charge in [-0.2, -0.15) is 17.6 Å². The second-order valence-electron chi connectivity index (χ2n) is 16.2. The van der Waals surface area contributed by atoms with Crippen molar-refractivity contribution in [3.63, 3.8) is 0 Å². The van der Waals surface area contributed by atoms with Crippen LogP contribution in [0.25, 0.3) is 11.5 Å². The minimum Gasteiger partial charge on any atom is -0.857 e. The van der Waals surface area contributed by atoms with E-state index < -0.39 is 15.6 Å². The van der Waals surface area contributed by atoms with E-state index in [9.17, 15) is 18.9 Å². The molecule has 0 unspecified atom stereocenters. The van der Waals surface area contributed by atoms with E-state index in [-0.39, 0.29) is 120 Å². The van der Waals surface area contributed by atoms with Crippen molar-refractivity contribution in [2.75, 3.05) is 41.7 Å². The summed E-state index contributed by atoms with van der Waals surface area (Å²) >= 11 is 0. The first-order valence-corrected chi connectivity index (χ1v) is 23.6. The van der Waals surface area contributed by atoms with Crippen molar-refractivity contribution < 1.29 is 145 Å². The summed E-state index contributed by atoms with van der Waals surface area (Å²) in [5, 5.41) is 32.7. The van der Waals surface area contributed by atoms with E-state index in [0.717, 1.165) is 60.5 Å². The number of methoxy groups -OCH3 is 2. The molecule has 0 atom stereocenters. The molecule has 8 bridgehead atoms. The van der Waals surface area contributed by atoms with Gasteiger partial charge in [0.2, 0.25) is 0 Å².